The zero-order valence-corrected chi connectivity index (χ0v) is 13.2. The molecule has 0 aromatic heterocycles. The number of rotatable bonds is 5. The quantitative estimate of drug-likeness (QED) is 0.778. The Balaban J connectivity index is 2.67. The summed E-state index contributed by atoms with van der Waals surface area (Å²) in [7, 11) is 0. The van der Waals surface area contributed by atoms with Crippen LogP contribution >= 0.6 is 46.6 Å². The van der Waals surface area contributed by atoms with Gasteiger partial charge in [-0.25, -0.2) is 0 Å². The van der Waals surface area contributed by atoms with Crippen molar-refractivity contribution >= 4 is 46.6 Å². The number of hydrogen-bond acceptors (Lipinski definition) is 2. The Hall–Kier alpha value is 0.400. The first kappa shape index (κ1) is 15.5. The largest absolute Gasteiger partial charge is 0.311 e. The Labute approximate surface area is 122 Å². The van der Waals surface area contributed by atoms with Crippen LogP contribution in [0.25, 0.3) is 0 Å². The van der Waals surface area contributed by atoms with Crippen LogP contribution in [-0.2, 0) is 6.54 Å². The first-order valence-electron chi connectivity index (χ1n) is 5.25. The average Bonchev–Trinajstić information content (AvgIpc) is 2.28. The smallest absolute Gasteiger partial charge is 0.0652 e. The first-order chi connectivity index (χ1) is 7.87. The van der Waals surface area contributed by atoms with Gasteiger partial charge in [-0.1, -0.05) is 34.8 Å². The van der Waals surface area contributed by atoms with Crippen LogP contribution in [0.1, 0.15) is 19.4 Å². The van der Waals surface area contributed by atoms with Crippen molar-refractivity contribution in [2.75, 3.05) is 12.8 Å². The molecule has 0 heterocycles. The van der Waals surface area contributed by atoms with Crippen LogP contribution < -0.4 is 5.32 Å². The van der Waals surface area contributed by atoms with E-state index in [9.17, 15) is 0 Å². The van der Waals surface area contributed by atoms with Crippen LogP contribution in [0, 0.1) is 0 Å². The fraction of sp³-hybridized carbons (Fsp3) is 0.500. The molecule has 0 aliphatic rings. The van der Waals surface area contributed by atoms with Crippen molar-refractivity contribution in [3.63, 3.8) is 0 Å². The molecule has 1 N–H and O–H groups in total. The molecule has 0 saturated carbocycles. The molecule has 0 aliphatic heterocycles. The minimum atomic E-state index is 0.192. The molecule has 0 atom stereocenters. The van der Waals surface area contributed by atoms with E-state index in [1.807, 2.05) is 11.8 Å². The van der Waals surface area contributed by atoms with Crippen molar-refractivity contribution in [2.24, 2.45) is 0 Å². The van der Waals surface area contributed by atoms with E-state index in [4.69, 9.17) is 34.8 Å². The van der Waals surface area contributed by atoms with Crippen LogP contribution in [-0.4, -0.2) is 17.5 Å². The molecule has 5 heteroatoms. The lowest BCUT2D eigenvalue weighted by Gasteiger charge is -2.22. The Morgan fingerprint density at radius 3 is 2.35 bits per heavy atom. The summed E-state index contributed by atoms with van der Waals surface area (Å²) in [6.45, 7) is 5.88. The lowest BCUT2D eigenvalue weighted by Crippen LogP contribution is -2.31. The molecule has 0 fully saturated rings. The minimum absolute atomic E-state index is 0.192. The summed E-state index contributed by atoms with van der Waals surface area (Å²) in [4.78, 5) is 0. The zero-order chi connectivity index (χ0) is 13.1. The normalized spacial score (nSPS) is 11.9. The lowest BCUT2D eigenvalue weighted by molar-refractivity contribution is 0.591. The van der Waals surface area contributed by atoms with Crippen LogP contribution in [0.3, 0.4) is 0 Å². The van der Waals surface area contributed by atoms with Crippen LogP contribution in [0.5, 0.6) is 0 Å². The third-order valence-corrected chi connectivity index (χ3v) is 4.99. The van der Waals surface area contributed by atoms with Crippen molar-refractivity contribution in [2.45, 2.75) is 25.1 Å². The SMILES string of the molecule is CSC(C)(C)CNCc1c(Cl)ccc(Cl)c1Cl. The summed E-state index contributed by atoms with van der Waals surface area (Å²) < 4.78 is 0.192. The van der Waals surface area contributed by atoms with E-state index >= 15 is 0 Å². The van der Waals surface area contributed by atoms with Gasteiger partial charge in [0.05, 0.1) is 10.0 Å². The number of nitrogens with one attached hydrogen (secondary N) is 1. The topological polar surface area (TPSA) is 12.0 Å². The molecular formula is C12H16Cl3NS. The molecule has 1 nitrogen and oxygen atoms in total. The highest BCUT2D eigenvalue weighted by Gasteiger charge is 2.16. The maximum absolute atomic E-state index is 6.12. The van der Waals surface area contributed by atoms with E-state index in [-0.39, 0.29) is 4.75 Å². The highest BCUT2D eigenvalue weighted by atomic mass is 35.5. The van der Waals surface area contributed by atoms with Crippen LogP contribution in [0.2, 0.25) is 15.1 Å². The second kappa shape index (κ2) is 6.53. The number of hydrogen-bond donors (Lipinski definition) is 1. The van der Waals surface area contributed by atoms with E-state index < -0.39 is 0 Å². The van der Waals surface area contributed by atoms with Gasteiger partial charge in [-0.3, -0.25) is 0 Å². The fourth-order valence-electron chi connectivity index (χ4n) is 1.29. The molecule has 0 unspecified atom stereocenters. The van der Waals surface area contributed by atoms with Crippen molar-refractivity contribution in [3.05, 3.63) is 32.8 Å². The second-order valence-corrected chi connectivity index (χ2v) is 7.09. The van der Waals surface area contributed by atoms with Gasteiger partial charge >= 0.3 is 0 Å². The van der Waals surface area contributed by atoms with Gasteiger partial charge in [-0.05, 0) is 32.2 Å². The summed E-state index contributed by atoms with van der Waals surface area (Å²) >= 11 is 20.0. The number of thioether (sulfide) groups is 1. The summed E-state index contributed by atoms with van der Waals surface area (Å²) in [5.74, 6) is 0. The van der Waals surface area contributed by atoms with Crippen molar-refractivity contribution in [1.82, 2.24) is 5.32 Å². The highest BCUT2D eigenvalue weighted by molar-refractivity contribution is 7.99. The summed E-state index contributed by atoms with van der Waals surface area (Å²) in [5.41, 5.74) is 0.859. The zero-order valence-electron chi connectivity index (χ0n) is 10.1. The van der Waals surface area contributed by atoms with E-state index in [0.717, 1.165) is 12.1 Å². The average molecular weight is 313 g/mol. The van der Waals surface area contributed by atoms with Gasteiger partial charge in [0.15, 0.2) is 0 Å². The summed E-state index contributed by atoms with van der Waals surface area (Å²) in [5, 5.41) is 5.08. The monoisotopic (exact) mass is 311 g/mol. The molecule has 1 aromatic carbocycles. The summed E-state index contributed by atoms with van der Waals surface area (Å²) in [6.07, 6.45) is 2.10. The molecule has 0 aliphatic carbocycles. The van der Waals surface area contributed by atoms with Gasteiger partial charge in [0.25, 0.3) is 0 Å². The minimum Gasteiger partial charge on any atom is -0.311 e. The van der Waals surface area contributed by atoms with E-state index in [0.29, 0.717) is 21.6 Å². The molecule has 0 bridgehead atoms. The van der Waals surface area contributed by atoms with Gasteiger partial charge in [-0.15, -0.1) is 0 Å². The van der Waals surface area contributed by atoms with E-state index in [1.54, 1.807) is 12.1 Å². The summed E-state index contributed by atoms with van der Waals surface area (Å²) in [6, 6.07) is 3.48. The molecule has 0 amide bonds. The molecular weight excluding hydrogens is 297 g/mol. The van der Waals surface area contributed by atoms with Crippen molar-refractivity contribution < 1.29 is 0 Å². The first-order valence-corrected chi connectivity index (χ1v) is 7.61. The van der Waals surface area contributed by atoms with Crippen molar-refractivity contribution in [1.29, 1.82) is 0 Å². The molecule has 0 saturated heterocycles. The van der Waals surface area contributed by atoms with E-state index in [2.05, 4.69) is 25.4 Å². The molecule has 1 rings (SSSR count). The third kappa shape index (κ3) is 4.53. The third-order valence-electron chi connectivity index (χ3n) is 2.54. The predicted octanol–water partition coefficient (Wildman–Crippen LogP) is 4.88. The van der Waals surface area contributed by atoms with E-state index in [1.165, 1.54) is 0 Å². The molecule has 96 valence electrons. The Morgan fingerprint density at radius 1 is 1.18 bits per heavy atom. The van der Waals surface area contributed by atoms with Gasteiger partial charge in [0, 0.05) is 28.4 Å². The Bertz CT molecular complexity index is 394. The predicted molar refractivity (Wildman–Crippen MR) is 80.8 cm³/mol. The number of benzene rings is 1. The fourth-order valence-corrected chi connectivity index (χ4v) is 2.22. The van der Waals surface area contributed by atoms with Crippen molar-refractivity contribution in [3.8, 4) is 0 Å². The standard InChI is InChI=1S/C12H16Cl3NS/c1-12(2,17-3)7-16-6-8-9(13)4-5-10(14)11(8)15/h4-5,16H,6-7H2,1-3H3. The van der Waals surface area contributed by atoms with Gasteiger partial charge < -0.3 is 5.32 Å². The Morgan fingerprint density at radius 2 is 1.76 bits per heavy atom. The maximum atomic E-state index is 6.12. The van der Waals surface area contributed by atoms with Gasteiger partial charge in [-0.2, -0.15) is 11.8 Å². The molecule has 0 spiro atoms. The molecule has 1 aromatic rings. The molecule has 17 heavy (non-hydrogen) atoms. The number of halogens is 3. The maximum Gasteiger partial charge on any atom is 0.0652 e. The van der Waals surface area contributed by atoms with Gasteiger partial charge in [0.1, 0.15) is 0 Å². The molecule has 0 radical (unpaired) electrons. The Kier molecular flexibility index (Phi) is 5.94. The highest BCUT2D eigenvalue weighted by Crippen LogP contribution is 2.31. The van der Waals surface area contributed by atoms with Gasteiger partial charge in [0.2, 0.25) is 0 Å². The second-order valence-electron chi connectivity index (χ2n) is 4.39. The van der Waals surface area contributed by atoms with Crippen LogP contribution in [0.4, 0.5) is 0 Å². The van der Waals surface area contributed by atoms with Crippen LogP contribution in [0.15, 0.2) is 12.1 Å². The lowest BCUT2D eigenvalue weighted by atomic mass is 10.2.